The van der Waals surface area contributed by atoms with Crippen molar-refractivity contribution in [3.05, 3.63) is 36.5 Å². The van der Waals surface area contributed by atoms with Crippen molar-refractivity contribution >= 4 is 13.7 Å². The number of hydrogen-bond acceptors (Lipinski definition) is 5. The smallest absolute Gasteiger partial charge is 0.387 e. The number of rotatable bonds is 50. The molecule has 3 atom stereocenters. The van der Waals surface area contributed by atoms with Gasteiger partial charge >= 0.3 is 7.82 Å². The van der Waals surface area contributed by atoms with Gasteiger partial charge in [0, 0.05) is 6.42 Å². The maximum Gasteiger partial charge on any atom is 0.472 e. The van der Waals surface area contributed by atoms with Crippen LogP contribution in [0.4, 0.5) is 0 Å². The van der Waals surface area contributed by atoms with Gasteiger partial charge < -0.3 is 19.8 Å². The lowest BCUT2D eigenvalue weighted by atomic mass is 10.0. The quantitative estimate of drug-likeness (QED) is 0.0243. The molecule has 1 amide bonds. The third-order valence-electron chi connectivity index (χ3n) is 12.3. The SMILES string of the molecule is CCCCCCCCCCCCCCCCC/C=C/CC/C=C/CC/C=C/C(O)C(COP(=O)(O)OCC[N+](C)(C)C)NC(=O)CCCCCCCCCCCCCCCCCCC. The van der Waals surface area contributed by atoms with E-state index in [1.165, 1.54) is 193 Å². The molecule has 0 aliphatic heterocycles. The van der Waals surface area contributed by atoms with Gasteiger partial charge in [-0.3, -0.25) is 13.8 Å². The summed E-state index contributed by atoms with van der Waals surface area (Å²) in [6, 6.07) is -0.867. The molecule has 0 radical (unpaired) electrons. The summed E-state index contributed by atoms with van der Waals surface area (Å²) < 4.78 is 23.6. The molecule has 0 heterocycles. The highest BCUT2D eigenvalue weighted by Crippen LogP contribution is 2.43. The summed E-state index contributed by atoms with van der Waals surface area (Å²) in [4.78, 5) is 23.2. The zero-order valence-corrected chi connectivity index (χ0v) is 43.9. The molecule has 0 aromatic heterocycles. The minimum absolute atomic E-state index is 0.0550. The number of phosphoric ester groups is 1. The first-order valence-electron chi connectivity index (χ1n) is 27.4. The zero-order valence-electron chi connectivity index (χ0n) is 43.0. The highest BCUT2D eigenvalue weighted by Gasteiger charge is 2.27. The van der Waals surface area contributed by atoms with Crippen LogP contribution in [0.1, 0.15) is 258 Å². The lowest BCUT2D eigenvalue weighted by Crippen LogP contribution is -2.45. The molecule has 0 aromatic carbocycles. The van der Waals surface area contributed by atoms with Gasteiger partial charge in [-0.25, -0.2) is 4.57 Å². The molecule has 0 aliphatic carbocycles. The van der Waals surface area contributed by atoms with Gasteiger partial charge in [0.15, 0.2) is 0 Å². The molecule has 0 bridgehead atoms. The second-order valence-electron chi connectivity index (χ2n) is 19.9. The Balaban J connectivity index is 4.31. The molecule has 0 spiro atoms. The highest BCUT2D eigenvalue weighted by molar-refractivity contribution is 7.47. The lowest BCUT2D eigenvalue weighted by molar-refractivity contribution is -0.870. The number of unbranched alkanes of at least 4 members (excludes halogenated alkanes) is 33. The largest absolute Gasteiger partial charge is 0.472 e. The number of allylic oxidation sites excluding steroid dienone is 5. The molecule has 8 nitrogen and oxygen atoms in total. The Labute approximate surface area is 397 Å². The summed E-state index contributed by atoms with van der Waals surface area (Å²) in [6.07, 6.45) is 59.6. The average molecular weight is 924 g/mol. The first-order valence-corrected chi connectivity index (χ1v) is 28.9. The van der Waals surface area contributed by atoms with Crippen molar-refractivity contribution < 1.29 is 32.9 Å². The molecule has 3 N–H and O–H groups in total. The minimum Gasteiger partial charge on any atom is -0.387 e. The second kappa shape index (κ2) is 46.8. The normalized spacial score (nSPS) is 14.3. The predicted octanol–water partition coefficient (Wildman–Crippen LogP) is 16.2. The van der Waals surface area contributed by atoms with Crippen LogP contribution in [0.3, 0.4) is 0 Å². The number of nitrogens with one attached hydrogen (secondary N) is 1. The van der Waals surface area contributed by atoms with E-state index in [0.717, 1.165) is 44.9 Å². The van der Waals surface area contributed by atoms with Gasteiger partial charge in [0.1, 0.15) is 13.2 Å². The Hall–Kier alpha value is -1.28. The van der Waals surface area contributed by atoms with Crippen LogP contribution >= 0.6 is 7.82 Å². The van der Waals surface area contributed by atoms with Crippen LogP contribution in [0.25, 0.3) is 0 Å². The molecule has 64 heavy (non-hydrogen) atoms. The van der Waals surface area contributed by atoms with Gasteiger partial charge in [0.2, 0.25) is 5.91 Å². The maximum absolute atomic E-state index is 12.9. The van der Waals surface area contributed by atoms with E-state index in [1.807, 2.05) is 27.2 Å². The van der Waals surface area contributed by atoms with E-state index in [9.17, 15) is 19.4 Å². The summed E-state index contributed by atoms with van der Waals surface area (Å²) >= 11 is 0. The summed E-state index contributed by atoms with van der Waals surface area (Å²) in [5.41, 5.74) is 0. The Kier molecular flexibility index (Phi) is 45.9. The van der Waals surface area contributed by atoms with E-state index in [-0.39, 0.29) is 19.1 Å². The second-order valence-corrected chi connectivity index (χ2v) is 21.4. The number of carbonyl (C=O) groups excluding carboxylic acids is 1. The topological polar surface area (TPSA) is 105 Å². The number of hydrogen-bond donors (Lipinski definition) is 3. The number of phosphoric acid groups is 1. The minimum atomic E-state index is -4.35. The molecule has 0 aromatic rings. The molecule has 378 valence electrons. The Morgan fingerprint density at radius 2 is 0.859 bits per heavy atom. The Morgan fingerprint density at radius 1 is 0.516 bits per heavy atom. The molecule has 0 fully saturated rings. The van der Waals surface area contributed by atoms with Gasteiger partial charge in [0.05, 0.1) is 39.9 Å². The van der Waals surface area contributed by atoms with Gasteiger partial charge in [-0.2, -0.15) is 0 Å². The van der Waals surface area contributed by atoms with Crippen molar-refractivity contribution in [1.82, 2.24) is 5.32 Å². The predicted molar refractivity (Wildman–Crippen MR) is 277 cm³/mol. The summed E-state index contributed by atoms with van der Waals surface area (Å²) in [5, 5.41) is 13.9. The fourth-order valence-electron chi connectivity index (χ4n) is 8.02. The number of quaternary nitrogens is 1. The van der Waals surface area contributed by atoms with Crippen LogP contribution in [-0.4, -0.2) is 73.4 Å². The first-order chi connectivity index (χ1) is 31.0. The van der Waals surface area contributed by atoms with Crippen molar-refractivity contribution in [2.24, 2.45) is 0 Å². The molecule has 9 heteroatoms. The molecule has 0 rings (SSSR count). The van der Waals surface area contributed by atoms with Gasteiger partial charge in [-0.1, -0.05) is 243 Å². The monoisotopic (exact) mass is 924 g/mol. The highest BCUT2D eigenvalue weighted by atomic mass is 31.2. The summed E-state index contributed by atoms with van der Waals surface area (Å²) in [7, 11) is 1.55. The third-order valence-corrected chi connectivity index (χ3v) is 13.3. The van der Waals surface area contributed by atoms with Crippen LogP contribution in [0.2, 0.25) is 0 Å². The van der Waals surface area contributed by atoms with E-state index >= 15 is 0 Å². The van der Waals surface area contributed by atoms with Crippen molar-refractivity contribution in [2.45, 2.75) is 270 Å². The van der Waals surface area contributed by atoms with Gasteiger partial charge in [0.25, 0.3) is 0 Å². The van der Waals surface area contributed by atoms with E-state index < -0.39 is 20.0 Å². The lowest BCUT2D eigenvalue weighted by Gasteiger charge is -2.25. The molecule has 0 saturated carbocycles. The number of amides is 1. The van der Waals surface area contributed by atoms with E-state index in [2.05, 4.69) is 43.5 Å². The van der Waals surface area contributed by atoms with Gasteiger partial charge in [-0.15, -0.1) is 0 Å². The van der Waals surface area contributed by atoms with E-state index in [1.54, 1.807) is 6.08 Å². The van der Waals surface area contributed by atoms with E-state index in [4.69, 9.17) is 9.05 Å². The average Bonchev–Trinajstić information content (AvgIpc) is 3.25. The fraction of sp³-hybridized carbons (Fsp3) is 0.873. The van der Waals surface area contributed by atoms with Crippen LogP contribution in [0, 0.1) is 0 Å². The van der Waals surface area contributed by atoms with Crippen molar-refractivity contribution in [1.29, 1.82) is 0 Å². The van der Waals surface area contributed by atoms with E-state index in [0.29, 0.717) is 17.4 Å². The van der Waals surface area contributed by atoms with Gasteiger partial charge in [-0.05, 0) is 44.9 Å². The molecular weight excluding hydrogens is 816 g/mol. The molecule has 3 unspecified atom stereocenters. The Bertz CT molecular complexity index is 1140. The third kappa shape index (κ3) is 48.6. The summed E-state index contributed by atoms with van der Waals surface area (Å²) in [6.45, 7) is 4.82. The number of likely N-dealkylation sites (N-methyl/N-ethyl adjacent to an activating group) is 1. The van der Waals surface area contributed by atoms with Crippen molar-refractivity contribution in [3.63, 3.8) is 0 Å². The van der Waals surface area contributed by atoms with Crippen LogP contribution in [-0.2, 0) is 18.4 Å². The molecule has 0 aliphatic rings. The molecular formula is C55H108N2O6P+. The first kappa shape index (κ1) is 62.7. The molecule has 0 saturated heterocycles. The van der Waals surface area contributed by atoms with Crippen molar-refractivity contribution in [2.75, 3.05) is 40.9 Å². The zero-order chi connectivity index (χ0) is 47.1. The fourth-order valence-corrected chi connectivity index (χ4v) is 8.75. The number of nitrogens with zero attached hydrogens (tertiary/aromatic N) is 1. The van der Waals surface area contributed by atoms with Crippen LogP contribution < -0.4 is 5.32 Å². The Morgan fingerprint density at radius 3 is 1.25 bits per heavy atom. The summed E-state index contributed by atoms with van der Waals surface area (Å²) in [5.74, 6) is -0.187. The number of carbonyl (C=O) groups is 1. The van der Waals surface area contributed by atoms with Crippen LogP contribution in [0.5, 0.6) is 0 Å². The number of aliphatic hydroxyl groups is 1. The standard InChI is InChI=1S/C55H107N2O6P/c1-6-8-10-12-14-16-18-20-22-24-25-26-27-28-29-30-31-33-34-36-38-40-42-44-46-48-54(58)53(52-63-64(60,61)62-51-50-57(3,4)5)56-55(59)49-47-45-43-41-39-37-35-32-23-21-19-17-15-13-11-9-7-2/h31,33,38,40,46,48,53-54,58H,6-30,32,34-37,39,41-45,47,49-52H2,1-5H3,(H-,56,59,60,61)/p+1/b33-31+,40-38+,48-46+. The van der Waals surface area contributed by atoms with Crippen molar-refractivity contribution in [3.8, 4) is 0 Å². The number of aliphatic hydroxyl groups excluding tert-OH is 1. The maximum atomic E-state index is 12.9. The van der Waals surface area contributed by atoms with Crippen LogP contribution in [0.15, 0.2) is 36.5 Å².